The van der Waals surface area contributed by atoms with Crippen LogP contribution in [0.4, 0.5) is 0 Å². The van der Waals surface area contributed by atoms with Crippen molar-refractivity contribution in [2.24, 2.45) is 11.7 Å². The van der Waals surface area contributed by atoms with Crippen LogP contribution in [0.5, 0.6) is 0 Å². The summed E-state index contributed by atoms with van der Waals surface area (Å²) in [6, 6.07) is 2.08. The third-order valence-corrected chi connectivity index (χ3v) is 5.19. The second-order valence-corrected chi connectivity index (χ2v) is 7.36. The van der Waals surface area contributed by atoms with Crippen molar-refractivity contribution in [3.05, 3.63) is 20.3 Å². The number of thiophene rings is 1. The van der Waals surface area contributed by atoms with Gasteiger partial charge in [0.15, 0.2) is 0 Å². The second-order valence-electron chi connectivity index (χ2n) is 4.99. The van der Waals surface area contributed by atoms with E-state index in [0.717, 1.165) is 20.6 Å². The average molecular weight is 333 g/mol. The van der Waals surface area contributed by atoms with E-state index in [4.69, 9.17) is 5.73 Å². The Kier molecular flexibility index (Phi) is 5.82. The van der Waals surface area contributed by atoms with Crippen molar-refractivity contribution in [1.82, 2.24) is 4.90 Å². The SMILES string of the molecule is Cc1cc(C(=O)N(C)CCC(N)C(C)C)sc1Br. The van der Waals surface area contributed by atoms with Crippen LogP contribution in [0.1, 0.15) is 35.5 Å². The highest BCUT2D eigenvalue weighted by Crippen LogP contribution is 2.28. The fourth-order valence-corrected chi connectivity index (χ4v) is 3.06. The van der Waals surface area contributed by atoms with Crippen LogP contribution in [-0.2, 0) is 0 Å². The molecule has 0 saturated carbocycles. The molecule has 0 aliphatic heterocycles. The number of nitrogens with zero attached hydrogens (tertiary/aromatic N) is 1. The zero-order chi connectivity index (χ0) is 13.9. The van der Waals surface area contributed by atoms with Crippen LogP contribution in [0.2, 0.25) is 0 Å². The molecule has 1 amide bonds. The lowest BCUT2D eigenvalue weighted by atomic mass is 10.0. The lowest BCUT2D eigenvalue weighted by molar-refractivity contribution is 0.0794. The number of halogens is 1. The summed E-state index contributed by atoms with van der Waals surface area (Å²) in [4.78, 5) is 14.7. The predicted molar refractivity (Wildman–Crippen MR) is 81.1 cm³/mol. The highest BCUT2D eigenvalue weighted by molar-refractivity contribution is 9.11. The molecule has 0 bridgehead atoms. The van der Waals surface area contributed by atoms with Crippen LogP contribution in [0.25, 0.3) is 0 Å². The molecule has 0 radical (unpaired) electrons. The summed E-state index contributed by atoms with van der Waals surface area (Å²) in [7, 11) is 1.83. The van der Waals surface area contributed by atoms with Crippen LogP contribution in [0.3, 0.4) is 0 Å². The first-order chi connectivity index (χ1) is 8.32. The maximum atomic E-state index is 12.2. The Labute approximate surface area is 121 Å². The Morgan fingerprint density at radius 1 is 1.56 bits per heavy atom. The van der Waals surface area contributed by atoms with Gasteiger partial charge in [0, 0.05) is 19.6 Å². The molecule has 1 unspecified atom stereocenters. The van der Waals surface area contributed by atoms with Gasteiger partial charge in [-0.3, -0.25) is 4.79 Å². The Morgan fingerprint density at radius 2 is 2.17 bits per heavy atom. The molecule has 0 aromatic carbocycles. The lowest BCUT2D eigenvalue weighted by Gasteiger charge is -2.21. The van der Waals surface area contributed by atoms with Crippen molar-refractivity contribution >= 4 is 33.2 Å². The number of aryl methyl sites for hydroxylation is 1. The van der Waals surface area contributed by atoms with Crippen molar-refractivity contribution < 1.29 is 4.79 Å². The van der Waals surface area contributed by atoms with E-state index in [-0.39, 0.29) is 11.9 Å². The largest absolute Gasteiger partial charge is 0.341 e. The van der Waals surface area contributed by atoms with Gasteiger partial charge in [-0.25, -0.2) is 0 Å². The molecule has 1 aromatic rings. The standard InChI is InChI=1S/C13H21BrN2OS/c1-8(2)10(15)5-6-16(4)13(17)11-7-9(3)12(14)18-11/h7-8,10H,5-6,15H2,1-4H3. The van der Waals surface area contributed by atoms with Gasteiger partial charge in [-0.15, -0.1) is 11.3 Å². The summed E-state index contributed by atoms with van der Waals surface area (Å²) in [5.74, 6) is 0.524. The molecular formula is C13H21BrN2OS. The molecule has 2 N–H and O–H groups in total. The summed E-state index contributed by atoms with van der Waals surface area (Å²) >= 11 is 4.93. The van der Waals surface area contributed by atoms with Crippen molar-refractivity contribution in [3.63, 3.8) is 0 Å². The molecule has 1 rings (SSSR count). The number of hydrogen-bond acceptors (Lipinski definition) is 3. The summed E-state index contributed by atoms with van der Waals surface area (Å²) in [6.07, 6.45) is 0.839. The molecule has 0 spiro atoms. The fraction of sp³-hybridized carbons (Fsp3) is 0.615. The zero-order valence-electron chi connectivity index (χ0n) is 11.4. The number of carbonyl (C=O) groups excluding carboxylic acids is 1. The molecule has 102 valence electrons. The summed E-state index contributed by atoms with van der Waals surface area (Å²) in [5, 5.41) is 0. The van der Waals surface area contributed by atoms with E-state index in [2.05, 4.69) is 29.8 Å². The van der Waals surface area contributed by atoms with Crippen LogP contribution in [-0.4, -0.2) is 30.4 Å². The average Bonchev–Trinajstić information content (AvgIpc) is 2.64. The molecule has 1 heterocycles. The third kappa shape index (κ3) is 4.07. The van der Waals surface area contributed by atoms with E-state index in [1.54, 1.807) is 4.90 Å². The number of amides is 1. The quantitative estimate of drug-likeness (QED) is 0.899. The van der Waals surface area contributed by atoms with Gasteiger partial charge in [-0.1, -0.05) is 13.8 Å². The summed E-state index contributed by atoms with van der Waals surface area (Å²) in [6.45, 7) is 6.90. The monoisotopic (exact) mass is 332 g/mol. The maximum absolute atomic E-state index is 12.2. The minimum atomic E-state index is 0.0738. The molecule has 0 aliphatic rings. The predicted octanol–water partition coefficient (Wildman–Crippen LogP) is 3.26. The van der Waals surface area contributed by atoms with Crippen molar-refractivity contribution in [2.75, 3.05) is 13.6 Å². The Balaban J connectivity index is 2.56. The van der Waals surface area contributed by atoms with E-state index in [1.807, 2.05) is 20.0 Å². The van der Waals surface area contributed by atoms with Gasteiger partial charge in [0.25, 0.3) is 5.91 Å². The van der Waals surface area contributed by atoms with Gasteiger partial charge in [-0.05, 0) is 46.8 Å². The topological polar surface area (TPSA) is 46.3 Å². The van der Waals surface area contributed by atoms with E-state index >= 15 is 0 Å². The Bertz CT molecular complexity index is 398. The number of carbonyl (C=O) groups is 1. The van der Waals surface area contributed by atoms with Crippen LogP contribution < -0.4 is 5.73 Å². The summed E-state index contributed by atoms with van der Waals surface area (Å²) < 4.78 is 1.03. The molecule has 5 heteroatoms. The minimum absolute atomic E-state index is 0.0738. The first-order valence-corrected chi connectivity index (χ1v) is 7.70. The van der Waals surface area contributed by atoms with Crippen molar-refractivity contribution in [3.8, 4) is 0 Å². The van der Waals surface area contributed by atoms with Crippen LogP contribution in [0, 0.1) is 12.8 Å². The number of hydrogen-bond donors (Lipinski definition) is 1. The van der Waals surface area contributed by atoms with Gasteiger partial charge in [0.1, 0.15) is 0 Å². The molecule has 1 atom stereocenters. The highest BCUT2D eigenvalue weighted by atomic mass is 79.9. The smallest absolute Gasteiger partial charge is 0.263 e. The third-order valence-electron chi connectivity index (χ3n) is 3.07. The molecule has 0 aliphatic carbocycles. The van der Waals surface area contributed by atoms with E-state index in [1.165, 1.54) is 11.3 Å². The maximum Gasteiger partial charge on any atom is 0.263 e. The molecule has 0 fully saturated rings. The first kappa shape index (κ1) is 15.7. The Hall–Kier alpha value is -0.390. The van der Waals surface area contributed by atoms with Crippen LogP contribution in [0.15, 0.2) is 9.85 Å². The highest BCUT2D eigenvalue weighted by Gasteiger charge is 2.17. The van der Waals surface area contributed by atoms with E-state index < -0.39 is 0 Å². The number of rotatable bonds is 5. The van der Waals surface area contributed by atoms with Crippen molar-refractivity contribution in [2.45, 2.75) is 33.2 Å². The fourth-order valence-electron chi connectivity index (χ4n) is 1.53. The van der Waals surface area contributed by atoms with E-state index in [9.17, 15) is 4.79 Å². The lowest BCUT2D eigenvalue weighted by Crippen LogP contribution is -2.34. The first-order valence-electron chi connectivity index (χ1n) is 6.10. The molecule has 3 nitrogen and oxygen atoms in total. The Morgan fingerprint density at radius 3 is 2.61 bits per heavy atom. The van der Waals surface area contributed by atoms with Crippen LogP contribution >= 0.6 is 27.3 Å². The number of nitrogens with two attached hydrogens (primary N) is 1. The van der Waals surface area contributed by atoms with Gasteiger partial charge in [0.2, 0.25) is 0 Å². The summed E-state index contributed by atoms with van der Waals surface area (Å²) in [5.41, 5.74) is 7.10. The minimum Gasteiger partial charge on any atom is -0.341 e. The normalized spacial score (nSPS) is 12.8. The van der Waals surface area contributed by atoms with Gasteiger partial charge in [-0.2, -0.15) is 0 Å². The van der Waals surface area contributed by atoms with Gasteiger partial charge >= 0.3 is 0 Å². The van der Waals surface area contributed by atoms with Gasteiger partial charge < -0.3 is 10.6 Å². The molecular weight excluding hydrogens is 312 g/mol. The molecule has 18 heavy (non-hydrogen) atoms. The zero-order valence-corrected chi connectivity index (χ0v) is 13.8. The molecule has 1 aromatic heterocycles. The van der Waals surface area contributed by atoms with E-state index in [0.29, 0.717) is 12.5 Å². The second kappa shape index (κ2) is 6.68. The van der Waals surface area contributed by atoms with Crippen molar-refractivity contribution in [1.29, 1.82) is 0 Å². The molecule has 0 saturated heterocycles. The van der Waals surface area contributed by atoms with Gasteiger partial charge in [0.05, 0.1) is 8.66 Å².